The Morgan fingerprint density at radius 1 is 1.24 bits per heavy atom. The fourth-order valence-electron chi connectivity index (χ4n) is 1.42. The molecule has 0 aliphatic carbocycles. The lowest BCUT2D eigenvalue weighted by Gasteiger charge is -2.07. The lowest BCUT2D eigenvalue weighted by Crippen LogP contribution is -2.22. The number of phenolic OH excluding ortho intramolecular Hbond substituents is 2. The summed E-state index contributed by atoms with van der Waals surface area (Å²) in [6.45, 7) is 0.371. The van der Waals surface area contributed by atoms with Gasteiger partial charge in [-0.3, -0.25) is 4.79 Å². The second-order valence-electron chi connectivity index (χ2n) is 3.49. The molecule has 0 aliphatic heterocycles. The van der Waals surface area contributed by atoms with Crippen LogP contribution in [-0.4, -0.2) is 16.1 Å². The van der Waals surface area contributed by atoms with Gasteiger partial charge in [-0.25, -0.2) is 0 Å². The van der Waals surface area contributed by atoms with Gasteiger partial charge >= 0.3 is 0 Å². The van der Waals surface area contributed by atoms with E-state index in [-0.39, 0.29) is 17.1 Å². The van der Waals surface area contributed by atoms with Crippen molar-refractivity contribution in [2.45, 2.75) is 6.54 Å². The van der Waals surface area contributed by atoms with Crippen molar-refractivity contribution in [3.63, 3.8) is 0 Å². The van der Waals surface area contributed by atoms with Crippen molar-refractivity contribution in [3.8, 4) is 11.5 Å². The van der Waals surface area contributed by atoms with Crippen molar-refractivity contribution >= 4 is 17.2 Å². The summed E-state index contributed by atoms with van der Waals surface area (Å²) in [7, 11) is 0. The van der Waals surface area contributed by atoms with E-state index >= 15 is 0 Å². The average Bonchev–Trinajstić information content (AvgIpc) is 2.79. The van der Waals surface area contributed by atoms with E-state index in [1.807, 2.05) is 16.8 Å². The van der Waals surface area contributed by atoms with Crippen LogP contribution < -0.4 is 5.32 Å². The van der Waals surface area contributed by atoms with Crippen LogP contribution in [0, 0.1) is 0 Å². The molecule has 0 saturated carbocycles. The molecule has 0 aliphatic rings. The fourth-order valence-corrected chi connectivity index (χ4v) is 2.09. The molecule has 1 heterocycles. The van der Waals surface area contributed by atoms with Gasteiger partial charge in [-0.1, -0.05) is 6.07 Å². The SMILES string of the molecule is O=C(NCc1ccsc1)c1c(O)cccc1O. The van der Waals surface area contributed by atoms with Crippen LogP contribution in [0.3, 0.4) is 0 Å². The highest BCUT2D eigenvalue weighted by Crippen LogP contribution is 2.25. The number of amides is 1. The molecule has 17 heavy (non-hydrogen) atoms. The Morgan fingerprint density at radius 2 is 1.94 bits per heavy atom. The highest BCUT2D eigenvalue weighted by Gasteiger charge is 2.15. The van der Waals surface area contributed by atoms with Crippen molar-refractivity contribution in [1.82, 2.24) is 5.32 Å². The summed E-state index contributed by atoms with van der Waals surface area (Å²) < 4.78 is 0. The molecular weight excluding hydrogens is 238 g/mol. The molecule has 0 saturated heterocycles. The lowest BCUT2D eigenvalue weighted by molar-refractivity contribution is 0.0945. The molecule has 1 amide bonds. The zero-order valence-electron chi connectivity index (χ0n) is 8.88. The topological polar surface area (TPSA) is 69.6 Å². The Labute approximate surface area is 102 Å². The Morgan fingerprint density at radius 3 is 2.53 bits per heavy atom. The maximum atomic E-state index is 11.8. The molecule has 1 aromatic carbocycles. The van der Waals surface area contributed by atoms with Crippen LogP contribution in [0.15, 0.2) is 35.0 Å². The van der Waals surface area contributed by atoms with E-state index in [4.69, 9.17) is 0 Å². The number of hydrogen-bond donors (Lipinski definition) is 3. The predicted octanol–water partition coefficient (Wildman–Crippen LogP) is 2.09. The minimum absolute atomic E-state index is 0.0947. The van der Waals surface area contributed by atoms with E-state index < -0.39 is 5.91 Å². The molecule has 3 N–H and O–H groups in total. The summed E-state index contributed by atoms with van der Waals surface area (Å²) in [5.41, 5.74) is 0.890. The normalized spacial score (nSPS) is 10.1. The second kappa shape index (κ2) is 4.88. The van der Waals surface area contributed by atoms with Gasteiger partial charge in [-0.15, -0.1) is 0 Å². The predicted molar refractivity (Wildman–Crippen MR) is 65.3 cm³/mol. The van der Waals surface area contributed by atoms with Crippen LogP contribution >= 0.6 is 11.3 Å². The Balaban J connectivity index is 2.10. The first kappa shape index (κ1) is 11.5. The maximum Gasteiger partial charge on any atom is 0.259 e. The number of benzene rings is 1. The lowest BCUT2D eigenvalue weighted by atomic mass is 10.1. The number of thiophene rings is 1. The Kier molecular flexibility index (Phi) is 3.30. The van der Waals surface area contributed by atoms with Gasteiger partial charge in [-0.2, -0.15) is 11.3 Å². The minimum Gasteiger partial charge on any atom is -0.507 e. The van der Waals surface area contributed by atoms with Crippen LogP contribution in [0.25, 0.3) is 0 Å². The van der Waals surface area contributed by atoms with E-state index in [1.54, 1.807) is 11.3 Å². The summed E-state index contributed by atoms with van der Waals surface area (Å²) in [6, 6.07) is 6.09. The summed E-state index contributed by atoms with van der Waals surface area (Å²) in [4.78, 5) is 11.8. The van der Waals surface area contributed by atoms with Gasteiger partial charge in [0.25, 0.3) is 5.91 Å². The number of rotatable bonds is 3. The van der Waals surface area contributed by atoms with Gasteiger partial charge in [-0.05, 0) is 34.5 Å². The first-order chi connectivity index (χ1) is 8.18. The number of hydrogen-bond acceptors (Lipinski definition) is 4. The monoisotopic (exact) mass is 249 g/mol. The number of carbonyl (C=O) groups is 1. The van der Waals surface area contributed by atoms with Gasteiger partial charge in [0, 0.05) is 6.54 Å². The van der Waals surface area contributed by atoms with Crippen molar-refractivity contribution in [2.24, 2.45) is 0 Å². The summed E-state index contributed by atoms with van der Waals surface area (Å²) in [5.74, 6) is -0.951. The molecule has 1 aromatic heterocycles. The molecule has 0 radical (unpaired) electrons. The fraction of sp³-hybridized carbons (Fsp3) is 0.0833. The number of phenols is 2. The first-order valence-electron chi connectivity index (χ1n) is 4.98. The average molecular weight is 249 g/mol. The maximum absolute atomic E-state index is 11.8. The molecule has 2 aromatic rings. The molecule has 2 rings (SSSR count). The van der Waals surface area contributed by atoms with Crippen LogP contribution in [0.5, 0.6) is 11.5 Å². The zero-order chi connectivity index (χ0) is 12.3. The van der Waals surface area contributed by atoms with Gasteiger partial charge < -0.3 is 15.5 Å². The standard InChI is InChI=1S/C12H11NO3S/c14-9-2-1-3-10(15)11(9)12(16)13-6-8-4-5-17-7-8/h1-5,7,14-15H,6H2,(H,13,16). The van der Waals surface area contributed by atoms with Gasteiger partial charge in [0.1, 0.15) is 17.1 Å². The molecule has 0 unspecified atom stereocenters. The van der Waals surface area contributed by atoms with E-state index in [9.17, 15) is 15.0 Å². The highest BCUT2D eigenvalue weighted by atomic mass is 32.1. The molecule has 0 atom stereocenters. The molecular formula is C12H11NO3S. The van der Waals surface area contributed by atoms with E-state index in [1.165, 1.54) is 18.2 Å². The molecule has 88 valence electrons. The first-order valence-corrected chi connectivity index (χ1v) is 5.93. The van der Waals surface area contributed by atoms with Crippen molar-refractivity contribution in [1.29, 1.82) is 0 Å². The number of nitrogens with one attached hydrogen (secondary N) is 1. The molecule has 4 nitrogen and oxygen atoms in total. The minimum atomic E-state index is -0.494. The zero-order valence-corrected chi connectivity index (χ0v) is 9.70. The van der Waals surface area contributed by atoms with Gasteiger partial charge in [0.05, 0.1) is 0 Å². The number of carbonyl (C=O) groups excluding carboxylic acids is 1. The third-order valence-electron chi connectivity index (χ3n) is 2.28. The molecule has 0 fully saturated rings. The van der Waals surface area contributed by atoms with Crippen molar-refractivity contribution < 1.29 is 15.0 Å². The molecule has 5 heteroatoms. The Hall–Kier alpha value is -2.01. The molecule has 0 spiro atoms. The van der Waals surface area contributed by atoms with Crippen molar-refractivity contribution in [3.05, 3.63) is 46.2 Å². The van der Waals surface area contributed by atoms with Crippen LogP contribution in [0.4, 0.5) is 0 Å². The third-order valence-corrected chi connectivity index (χ3v) is 3.01. The Bertz CT molecular complexity index is 502. The number of aromatic hydroxyl groups is 2. The van der Waals surface area contributed by atoms with Crippen LogP contribution in [0.2, 0.25) is 0 Å². The van der Waals surface area contributed by atoms with Crippen LogP contribution in [0.1, 0.15) is 15.9 Å². The highest BCUT2D eigenvalue weighted by molar-refractivity contribution is 7.07. The van der Waals surface area contributed by atoms with E-state index in [0.29, 0.717) is 6.54 Å². The van der Waals surface area contributed by atoms with E-state index in [2.05, 4.69) is 5.32 Å². The van der Waals surface area contributed by atoms with E-state index in [0.717, 1.165) is 5.56 Å². The quantitative estimate of drug-likeness (QED) is 0.780. The molecule has 0 bridgehead atoms. The summed E-state index contributed by atoms with van der Waals surface area (Å²) in [6.07, 6.45) is 0. The van der Waals surface area contributed by atoms with Crippen LogP contribution in [-0.2, 0) is 6.54 Å². The van der Waals surface area contributed by atoms with Gasteiger partial charge in [0.2, 0.25) is 0 Å². The smallest absolute Gasteiger partial charge is 0.259 e. The summed E-state index contributed by atoms with van der Waals surface area (Å²) >= 11 is 1.54. The second-order valence-corrected chi connectivity index (χ2v) is 4.27. The largest absolute Gasteiger partial charge is 0.507 e. The van der Waals surface area contributed by atoms with Crippen molar-refractivity contribution in [2.75, 3.05) is 0 Å². The van der Waals surface area contributed by atoms with Gasteiger partial charge in [0.15, 0.2) is 0 Å². The third kappa shape index (κ3) is 2.57. The summed E-state index contributed by atoms with van der Waals surface area (Å²) in [5, 5.41) is 25.5.